The zero-order valence-corrected chi connectivity index (χ0v) is 10.2. The number of hydrogen-bond donors (Lipinski definition) is 0. The monoisotopic (exact) mass is 240 g/mol. The van der Waals surface area contributed by atoms with Crippen molar-refractivity contribution in [1.82, 2.24) is 9.55 Å². The van der Waals surface area contributed by atoms with Crippen LogP contribution < -0.4 is 0 Å². The second-order valence-corrected chi connectivity index (χ2v) is 4.19. The van der Waals surface area contributed by atoms with Crippen LogP contribution in [0.1, 0.15) is 10.5 Å². The molecule has 0 radical (unpaired) electrons. The number of fused-ring (bicyclic) bond motifs is 3. The fraction of sp³-hybridized carbons (Fsp3) is 0.143. The molecular weight excluding hydrogens is 228 g/mol. The summed E-state index contributed by atoms with van der Waals surface area (Å²) in [7, 11) is 3.33. The third-order valence-electron chi connectivity index (χ3n) is 3.07. The van der Waals surface area contributed by atoms with E-state index in [2.05, 4.69) is 4.98 Å². The van der Waals surface area contributed by atoms with E-state index in [0.29, 0.717) is 5.69 Å². The molecule has 0 aliphatic heterocycles. The Labute approximate surface area is 104 Å². The minimum Gasteiger partial charge on any atom is -0.464 e. The maximum Gasteiger partial charge on any atom is 0.356 e. The summed E-state index contributed by atoms with van der Waals surface area (Å²) in [4.78, 5) is 15.9. The van der Waals surface area contributed by atoms with Gasteiger partial charge >= 0.3 is 5.97 Å². The minimum atomic E-state index is -0.405. The normalized spacial score (nSPS) is 11.0. The van der Waals surface area contributed by atoms with E-state index < -0.39 is 5.97 Å². The second kappa shape index (κ2) is 3.84. The Morgan fingerprint density at radius 3 is 2.83 bits per heavy atom. The Kier molecular flexibility index (Phi) is 2.30. The summed E-state index contributed by atoms with van der Waals surface area (Å²) in [5.41, 5.74) is 2.20. The summed E-state index contributed by atoms with van der Waals surface area (Å²) in [6.45, 7) is 0. The van der Waals surface area contributed by atoms with Gasteiger partial charge in [-0.25, -0.2) is 9.78 Å². The van der Waals surface area contributed by atoms with Gasteiger partial charge in [0.1, 0.15) is 5.69 Å². The third kappa shape index (κ3) is 1.46. The van der Waals surface area contributed by atoms with Crippen LogP contribution in [0, 0.1) is 0 Å². The molecule has 0 atom stereocenters. The first-order valence-corrected chi connectivity index (χ1v) is 5.64. The molecule has 90 valence electrons. The van der Waals surface area contributed by atoms with E-state index in [0.717, 1.165) is 21.8 Å². The molecule has 0 fully saturated rings. The smallest absolute Gasteiger partial charge is 0.356 e. The van der Waals surface area contributed by atoms with Gasteiger partial charge in [-0.2, -0.15) is 0 Å². The molecule has 0 N–H and O–H groups in total. The zero-order chi connectivity index (χ0) is 12.7. The van der Waals surface area contributed by atoms with E-state index in [1.807, 2.05) is 42.1 Å². The van der Waals surface area contributed by atoms with Crippen LogP contribution >= 0.6 is 0 Å². The predicted octanol–water partition coefficient (Wildman–Crippen LogP) is 2.51. The van der Waals surface area contributed by atoms with Gasteiger partial charge in [-0.1, -0.05) is 18.2 Å². The molecule has 0 amide bonds. The molecule has 3 aromatic rings. The predicted molar refractivity (Wildman–Crippen MR) is 69.6 cm³/mol. The lowest BCUT2D eigenvalue weighted by Crippen LogP contribution is -2.00. The summed E-state index contributed by atoms with van der Waals surface area (Å²) in [5.74, 6) is -0.405. The van der Waals surface area contributed by atoms with Gasteiger partial charge in [0.2, 0.25) is 0 Å². The highest BCUT2D eigenvalue weighted by atomic mass is 16.5. The summed E-state index contributed by atoms with van der Waals surface area (Å²) in [5, 5.41) is 2.05. The van der Waals surface area contributed by atoms with E-state index in [4.69, 9.17) is 4.74 Å². The van der Waals surface area contributed by atoms with Crippen molar-refractivity contribution in [2.45, 2.75) is 0 Å². The van der Waals surface area contributed by atoms with E-state index in [9.17, 15) is 4.79 Å². The topological polar surface area (TPSA) is 44.1 Å². The maximum absolute atomic E-state index is 11.5. The average molecular weight is 240 g/mol. The average Bonchev–Trinajstić information content (AvgIpc) is 2.81. The molecule has 18 heavy (non-hydrogen) atoms. The van der Waals surface area contributed by atoms with Crippen LogP contribution in [0.5, 0.6) is 0 Å². The highest BCUT2D eigenvalue weighted by molar-refractivity contribution is 6.06. The van der Waals surface area contributed by atoms with Crippen LogP contribution in [0.2, 0.25) is 0 Å². The summed E-state index contributed by atoms with van der Waals surface area (Å²) >= 11 is 0. The number of hydrogen-bond acceptors (Lipinski definition) is 3. The molecule has 0 saturated carbocycles. The van der Waals surface area contributed by atoms with Crippen molar-refractivity contribution < 1.29 is 9.53 Å². The number of aryl methyl sites for hydroxylation is 1. The molecule has 3 rings (SSSR count). The van der Waals surface area contributed by atoms with E-state index >= 15 is 0 Å². The highest BCUT2D eigenvalue weighted by Gasteiger charge is 2.13. The number of rotatable bonds is 1. The van der Waals surface area contributed by atoms with Gasteiger partial charge in [0.25, 0.3) is 0 Å². The molecule has 0 saturated heterocycles. The van der Waals surface area contributed by atoms with Crippen molar-refractivity contribution in [2.75, 3.05) is 7.11 Å². The Morgan fingerprint density at radius 2 is 2.06 bits per heavy atom. The van der Waals surface area contributed by atoms with Gasteiger partial charge < -0.3 is 9.30 Å². The number of nitrogens with zero attached hydrogens (tertiary/aromatic N) is 2. The van der Waals surface area contributed by atoms with Crippen LogP contribution in [0.4, 0.5) is 0 Å². The van der Waals surface area contributed by atoms with Crippen molar-refractivity contribution >= 4 is 27.8 Å². The van der Waals surface area contributed by atoms with Crippen molar-refractivity contribution in [3.05, 3.63) is 42.2 Å². The second-order valence-electron chi connectivity index (χ2n) is 4.19. The minimum absolute atomic E-state index is 0.351. The summed E-state index contributed by atoms with van der Waals surface area (Å²) < 4.78 is 6.71. The first-order chi connectivity index (χ1) is 8.70. The van der Waals surface area contributed by atoms with Crippen LogP contribution in [-0.4, -0.2) is 22.6 Å². The number of pyridine rings is 1. The van der Waals surface area contributed by atoms with E-state index in [1.165, 1.54) is 7.11 Å². The van der Waals surface area contributed by atoms with Gasteiger partial charge in [0.15, 0.2) is 0 Å². The Morgan fingerprint density at radius 1 is 1.28 bits per heavy atom. The first kappa shape index (κ1) is 10.8. The molecule has 2 heterocycles. The van der Waals surface area contributed by atoms with Crippen LogP contribution in [0.25, 0.3) is 21.8 Å². The number of benzene rings is 1. The van der Waals surface area contributed by atoms with Crippen molar-refractivity contribution in [2.24, 2.45) is 7.05 Å². The van der Waals surface area contributed by atoms with Crippen molar-refractivity contribution in [3.8, 4) is 0 Å². The largest absolute Gasteiger partial charge is 0.464 e. The molecule has 1 aromatic carbocycles. The van der Waals surface area contributed by atoms with Gasteiger partial charge in [0.05, 0.1) is 18.1 Å². The number of carbonyl (C=O) groups excluding carboxylic acids is 1. The molecular formula is C14H12N2O2. The van der Waals surface area contributed by atoms with E-state index in [1.54, 1.807) is 6.07 Å². The molecule has 0 aliphatic carbocycles. The van der Waals surface area contributed by atoms with Crippen LogP contribution in [0.15, 0.2) is 36.5 Å². The molecule has 0 bridgehead atoms. The molecule has 4 nitrogen and oxygen atoms in total. The summed E-state index contributed by atoms with van der Waals surface area (Å²) in [6.07, 6.45) is 1.97. The molecule has 0 spiro atoms. The van der Waals surface area contributed by atoms with Gasteiger partial charge in [-0.3, -0.25) is 0 Å². The number of carbonyl (C=O) groups is 1. The quantitative estimate of drug-likeness (QED) is 0.614. The molecule has 0 aliphatic rings. The number of ether oxygens (including phenoxy) is 1. The van der Waals surface area contributed by atoms with Gasteiger partial charge in [-0.05, 0) is 12.1 Å². The number of esters is 1. The number of aromatic nitrogens is 2. The van der Waals surface area contributed by atoms with Gasteiger partial charge in [-0.15, -0.1) is 0 Å². The molecule has 0 unspecified atom stereocenters. The molecule has 2 aromatic heterocycles. The third-order valence-corrected chi connectivity index (χ3v) is 3.07. The zero-order valence-electron chi connectivity index (χ0n) is 10.2. The SMILES string of the molecule is COC(=O)c1cc2ccc3cccn(C)c3c2n1. The first-order valence-electron chi connectivity index (χ1n) is 5.64. The lowest BCUT2D eigenvalue weighted by Gasteiger charge is -2.05. The standard InChI is InChI=1S/C14H12N2O2/c1-16-7-3-4-9-5-6-10-8-11(14(17)18-2)15-12(10)13(9)16/h3-8H,1-2H3. The van der Waals surface area contributed by atoms with E-state index in [-0.39, 0.29) is 0 Å². The Balaban J connectivity index is 2.40. The number of methoxy groups -OCH3 is 1. The Hall–Kier alpha value is -2.36. The van der Waals surface area contributed by atoms with Crippen LogP contribution in [-0.2, 0) is 11.8 Å². The molecule has 4 heteroatoms. The van der Waals surface area contributed by atoms with Gasteiger partial charge in [0, 0.05) is 24.0 Å². The maximum atomic E-state index is 11.5. The fourth-order valence-electron chi connectivity index (χ4n) is 2.21. The van der Waals surface area contributed by atoms with Crippen molar-refractivity contribution in [1.29, 1.82) is 0 Å². The fourth-order valence-corrected chi connectivity index (χ4v) is 2.21. The van der Waals surface area contributed by atoms with Crippen molar-refractivity contribution in [3.63, 3.8) is 0 Å². The lowest BCUT2D eigenvalue weighted by atomic mass is 10.1. The van der Waals surface area contributed by atoms with Crippen LogP contribution in [0.3, 0.4) is 0 Å². The Bertz CT molecular complexity index is 759. The summed E-state index contributed by atoms with van der Waals surface area (Å²) in [6, 6.07) is 9.77. The highest BCUT2D eigenvalue weighted by Crippen LogP contribution is 2.25. The lowest BCUT2D eigenvalue weighted by molar-refractivity contribution is 0.0595.